The fourth-order valence-electron chi connectivity index (χ4n) is 3.60. The van der Waals surface area contributed by atoms with Gasteiger partial charge in [-0.25, -0.2) is 0 Å². The van der Waals surface area contributed by atoms with Crippen LogP contribution in [0.1, 0.15) is 46.4 Å². The number of carbonyl (C=O) groups is 2. The Morgan fingerprint density at radius 3 is 2.55 bits per heavy atom. The molecule has 0 radical (unpaired) electrons. The fourth-order valence-corrected chi connectivity index (χ4v) is 3.82. The lowest BCUT2D eigenvalue weighted by Crippen LogP contribution is -2.41. The Bertz CT molecular complexity index is 880. The molecule has 0 unspecified atom stereocenters. The first-order chi connectivity index (χ1) is 14.1. The van der Waals surface area contributed by atoms with Crippen molar-refractivity contribution in [1.29, 1.82) is 0 Å². The van der Waals surface area contributed by atoms with E-state index in [0.29, 0.717) is 35.3 Å². The molecule has 0 bridgehead atoms. The first-order valence-corrected chi connectivity index (χ1v) is 10.6. The Hall–Kier alpha value is -2.53. The number of amides is 2. The highest BCUT2D eigenvalue weighted by Gasteiger charge is 2.26. The zero-order chi connectivity index (χ0) is 20.2. The lowest BCUT2D eigenvalue weighted by atomic mass is 9.98. The third-order valence-corrected chi connectivity index (χ3v) is 5.75. The molecule has 1 aliphatic heterocycles. The summed E-state index contributed by atoms with van der Waals surface area (Å²) in [5, 5.41) is 3.47. The maximum atomic E-state index is 12.8. The first kappa shape index (κ1) is 19.8. The van der Waals surface area contributed by atoms with Gasteiger partial charge in [0.15, 0.2) is 0 Å². The highest BCUT2D eigenvalue weighted by Crippen LogP contribution is 2.24. The minimum atomic E-state index is -0.0277. The molecule has 1 saturated carbocycles. The average Bonchev–Trinajstić information content (AvgIpc) is 3.57. The first-order valence-electron chi connectivity index (χ1n) is 10.2. The van der Waals surface area contributed by atoms with Crippen molar-refractivity contribution in [2.75, 3.05) is 19.7 Å². The van der Waals surface area contributed by atoms with Crippen LogP contribution in [0, 0.1) is 5.92 Å². The number of rotatable bonds is 6. The zero-order valence-corrected chi connectivity index (χ0v) is 17.0. The molecule has 0 spiro atoms. The van der Waals surface area contributed by atoms with Crippen LogP contribution in [0.15, 0.2) is 48.5 Å². The summed E-state index contributed by atoms with van der Waals surface area (Å²) < 4.78 is 5.94. The van der Waals surface area contributed by atoms with E-state index in [0.717, 1.165) is 38.0 Å². The van der Waals surface area contributed by atoms with Gasteiger partial charge < -0.3 is 15.0 Å². The van der Waals surface area contributed by atoms with Gasteiger partial charge in [0.2, 0.25) is 0 Å². The summed E-state index contributed by atoms with van der Waals surface area (Å²) in [5.41, 5.74) is 1.20. The number of nitrogens with zero attached hydrogens (tertiary/aromatic N) is 1. The van der Waals surface area contributed by atoms with E-state index in [-0.39, 0.29) is 17.7 Å². The largest absolute Gasteiger partial charge is 0.493 e. The van der Waals surface area contributed by atoms with Crippen molar-refractivity contribution < 1.29 is 14.3 Å². The van der Waals surface area contributed by atoms with Gasteiger partial charge in [-0.3, -0.25) is 9.59 Å². The van der Waals surface area contributed by atoms with E-state index in [1.165, 1.54) is 0 Å². The van der Waals surface area contributed by atoms with Crippen LogP contribution in [0.25, 0.3) is 0 Å². The normalized spacial score (nSPS) is 18.9. The number of nitrogens with one attached hydrogen (secondary N) is 1. The molecule has 2 aliphatic rings. The molecule has 0 aromatic heterocycles. The number of halogens is 1. The summed E-state index contributed by atoms with van der Waals surface area (Å²) in [6.45, 7) is 1.94. The van der Waals surface area contributed by atoms with Crippen molar-refractivity contribution >= 4 is 23.4 Å². The van der Waals surface area contributed by atoms with Crippen molar-refractivity contribution in [3.8, 4) is 5.75 Å². The summed E-state index contributed by atoms with van der Waals surface area (Å²) in [5.74, 6) is 0.960. The quantitative estimate of drug-likeness (QED) is 0.774. The van der Waals surface area contributed by atoms with E-state index in [1.807, 2.05) is 29.2 Å². The number of ether oxygens (including phenoxy) is 1. The van der Waals surface area contributed by atoms with Gasteiger partial charge in [0.1, 0.15) is 5.75 Å². The predicted octanol–water partition coefficient (Wildman–Crippen LogP) is 4.16. The van der Waals surface area contributed by atoms with Crippen molar-refractivity contribution in [1.82, 2.24) is 10.2 Å². The predicted molar refractivity (Wildman–Crippen MR) is 113 cm³/mol. The molecule has 1 atom stereocenters. The molecule has 2 aromatic carbocycles. The molecule has 5 nitrogen and oxygen atoms in total. The summed E-state index contributed by atoms with van der Waals surface area (Å²) in [4.78, 5) is 26.7. The van der Waals surface area contributed by atoms with Crippen LogP contribution in [-0.2, 0) is 0 Å². The Morgan fingerprint density at radius 2 is 1.83 bits per heavy atom. The number of piperidine rings is 1. The van der Waals surface area contributed by atoms with Gasteiger partial charge in [0.05, 0.1) is 17.2 Å². The van der Waals surface area contributed by atoms with E-state index in [2.05, 4.69) is 5.32 Å². The molecule has 6 heteroatoms. The summed E-state index contributed by atoms with van der Waals surface area (Å²) in [6.07, 6.45) is 4.12. The maximum absolute atomic E-state index is 12.8. The van der Waals surface area contributed by atoms with Crippen LogP contribution in [0.3, 0.4) is 0 Å². The van der Waals surface area contributed by atoms with E-state index in [4.69, 9.17) is 16.3 Å². The standard InChI is InChI=1S/C23H25ClN2O3/c24-21-6-2-1-5-20(21)23(28)26-13-3-4-16(14-26)15-29-19-11-7-17(8-12-19)22(27)25-18-9-10-18/h1-2,5-8,11-12,16,18H,3-4,9-10,13-15H2,(H,25,27)/t16-/m1/s1. The number of hydrogen-bond donors (Lipinski definition) is 1. The average molecular weight is 413 g/mol. The summed E-state index contributed by atoms with van der Waals surface area (Å²) in [6, 6.07) is 14.8. The lowest BCUT2D eigenvalue weighted by molar-refractivity contribution is 0.0633. The Labute approximate surface area is 176 Å². The molecule has 1 N–H and O–H groups in total. The van der Waals surface area contributed by atoms with Gasteiger partial charge in [-0.05, 0) is 62.1 Å². The third kappa shape index (κ3) is 5.10. The van der Waals surface area contributed by atoms with Crippen LogP contribution in [-0.4, -0.2) is 42.5 Å². The monoisotopic (exact) mass is 412 g/mol. The topological polar surface area (TPSA) is 58.6 Å². The Morgan fingerprint density at radius 1 is 1.07 bits per heavy atom. The molecule has 1 saturated heterocycles. The molecule has 2 amide bonds. The van der Waals surface area contributed by atoms with Crippen molar-refractivity contribution in [3.63, 3.8) is 0 Å². The van der Waals surface area contributed by atoms with Crippen molar-refractivity contribution in [2.24, 2.45) is 5.92 Å². The van der Waals surface area contributed by atoms with Crippen molar-refractivity contribution in [2.45, 2.75) is 31.7 Å². The Kier molecular flexibility index (Phi) is 6.05. The second-order valence-electron chi connectivity index (χ2n) is 7.82. The number of carbonyl (C=O) groups excluding carboxylic acids is 2. The second-order valence-corrected chi connectivity index (χ2v) is 8.23. The van der Waals surface area contributed by atoms with Crippen molar-refractivity contribution in [3.05, 3.63) is 64.7 Å². The molecule has 1 heterocycles. The second kappa shape index (κ2) is 8.87. The van der Waals surface area contributed by atoms with E-state index in [9.17, 15) is 9.59 Å². The van der Waals surface area contributed by atoms with Crippen LogP contribution in [0.5, 0.6) is 5.75 Å². The molecule has 4 rings (SSSR count). The van der Waals surface area contributed by atoms with Gasteiger partial charge >= 0.3 is 0 Å². The summed E-state index contributed by atoms with van der Waals surface area (Å²) >= 11 is 6.18. The number of benzene rings is 2. The van der Waals surface area contributed by atoms with Gasteiger partial charge in [-0.1, -0.05) is 23.7 Å². The van der Waals surface area contributed by atoms with Gasteiger partial charge in [0.25, 0.3) is 11.8 Å². The molecule has 2 aromatic rings. The zero-order valence-electron chi connectivity index (χ0n) is 16.3. The smallest absolute Gasteiger partial charge is 0.255 e. The number of hydrogen-bond acceptors (Lipinski definition) is 3. The minimum Gasteiger partial charge on any atom is -0.493 e. The lowest BCUT2D eigenvalue weighted by Gasteiger charge is -2.33. The maximum Gasteiger partial charge on any atom is 0.255 e. The number of likely N-dealkylation sites (tertiary alicyclic amines) is 1. The fraction of sp³-hybridized carbons (Fsp3) is 0.391. The van der Waals surface area contributed by atoms with E-state index >= 15 is 0 Å². The minimum absolute atomic E-state index is 0.0219. The van der Waals surface area contributed by atoms with Crippen LogP contribution in [0.4, 0.5) is 0 Å². The molecule has 29 heavy (non-hydrogen) atoms. The molecule has 152 valence electrons. The SMILES string of the molecule is O=C(NC1CC1)c1ccc(OC[C@@H]2CCCN(C(=O)c3ccccc3Cl)C2)cc1. The highest BCUT2D eigenvalue weighted by molar-refractivity contribution is 6.33. The van der Waals surface area contributed by atoms with Crippen LogP contribution >= 0.6 is 11.6 Å². The van der Waals surface area contributed by atoms with Crippen LogP contribution in [0.2, 0.25) is 5.02 Å². The molecule has 1 aliphatic carbocycles. The van der Waals surface area contributed by atoms with Gasteiger partial charge in [0, 0.05) is 30.6 Å². The van der Waals surface area contributed by atoms with E-state index < -0.39 is 0 Å². The highest BCUT2D eigenvalue weighted by atomic mass is 35.5. The summed E-state index contributed by atoms with van der Waals surface area (Å²) in [7, 11) is 0. The Balaban J connectivity index is 1.30. The van der Waals surface area contributed by atoms with Gasteiger partial charge in [-0.15, -0.1) is 0 Å². The molecular weight excluding hydrogens is 388 g/mol. The molecular formula is C23H25ClN2O3. The van der Waals surface area contributed by atoms with Gasteiger partial charge in [-0.2, -0.15) is 0 Å². The third-order valence-electron chi connectivity index (χ3n) is 5.43. The van der Waals surface area contributed by atoms with E-state index in [1.54, 1.807) is 24.3 Å². The van der Waals surface area contributed by atoms with Crippen LogP contribution < -0.4 is 10.1 Å². The molecule has 2 fully saturated rings.